The first-order chi connectivity index (χ1) is 39.2. The van der Waals surface area contributed by atoms with E-state index in [9.17, 15) is 0 Å². The van der Waals surface area contributed by atoms with Crippen LogP contribution in [0.4, 0.5) is 0 Å². The van der Waals surface area contributed by atoms with E-state index >= 15 is 0 Å². The summed E-state index contributed by atoms with van der Waals surface area (Å²) in [7, 11) is -1.78. The van der Waals surface area contributed by atoms with E-state index in [0.717, 1.165) is 0 Å². The predicted molar refractivity (Wildman–Crippen MR) is 358 cm³/mol. The van der Waals surface area contributed by atoms with Crippen LogP contribution in [0.5, 0.6) is 0 Å². The second-order valence-corrected chi connectivity index (χ2v) is 34.3. The summed E-state index contributed by atoms with van der Waals surface area (Å²) in [5.41, 5.74) is 0. The van der Waals surface area contributed by atoms with Crippen molar-refractivity contribution in [2.24, 2.45) is 0 Å². The van der Waals surface area contributed by atoms with Gasteiger partial charge in [0.05, 0.1) is 0 Å². The summed E-state index contributed by atoms with van der Waals surface area (Å²) in [4.78, 5) is 0. The molecule has 12 aromatic carbocycles. The third kappa shape index (κ3) is 18.5. The fraction of sp³-hybridized carbons (Fsp3) is 0. The topological polar surface area (TPSA) is 0 Å². The van der Waals surface area contributed by atoms with Gasteiger partial charge >= 0.3 is 40.5 Å². The molecular formula is C72H60Br2P4Ru. The number of hydrogen-bond donors (Lipinski definition) is 0. The quantitative estimate of drug-likeness (QED) is 0.0845. The first-order valence-corrected chi connectivity index (χ1v) is 39.2. The number of halogens is 2. The van der Waals surface area contributed by atoms with Crippen LogP contribution in [0.3, 0.4) is 0 Å². The fourth-order valence-electron chi connectivity index (χ4n) is 8.71. The Morgan fingerprint density at radius 3 is 0.266 bits per heavy atom. The Bertz CT molecular complexity index is 2610. The van der Waals surface area contributed by atoms with Crippen LogP contribution >= 0.6 is 58.9 Å². The molecule has 0 bridgehead atoms. The van der Waals surface area contributed by atoms with Gasteiger partial charge in [-0.15, -0.1) is 0 Å². The summed E-state index contributed by atoms with van der Waals surface area (Å²) in [6, 6.07) is 129. The van der Waals surface area contributed by atoms with Gasteiger partial charge in [0.25, 0.3) is 0 Å². The second kappa shape index (κ2) is 34.2. The molecule has 0 saturated carbocycles. The second-order valence-electron chi connectivity index (χ2n) is 17.4. The molecule has 0 saturated heterocycles. The van der Waals surface area contributed by atoms with Gasteiger partial charge in [0.15, 0.2) is 0 Å². The molecule has 0 fully saturated rings. The van der Waals surface area contributed by atoms with Gasteiger partial charge in [-0.2, -0.15) is 0 Å². The summed E-state index contributed by atoms with van der Waals surface area (Å²) < 4.78 is 0. The van der Waals surface area contributed by atoms with Crippen LogP contribution in [0.2, 0.25) is 0 Å². The smallest absolute Gasteiger partial charge is 0.0134 e. The average Bonchev–Trinajstić information content (AvgIpc) is 3.55. The van der Waals surface area contributed by atoms with E-state index in [2.05, 4.69) is 391 Å². The van der Waals surface area contributed by atoms with Crippen LogP contribution in [-0.4, -0.2) is 0 Å². The molecule has 0 aliphatic heterocycles. The van der Waals surface area contributed by atoms with Crippen LogP contribution < -0.4 is 63.7 Å². The van der Waals surface area contributed by atoms with Gasteiger partial charge < -0.3 is 0 Å². The average molecular weight is 1310 g/mol. The molecule has 7 heteroatoms. The van der Waals surface area contributed by atoms with Gasteiger partial charge in [-0.05, 0) is 95.3 Å². The van der Waals surface area contributed by atoms with E-state index in [0.29, 0.717) is 13.2 Å². The molecule has 79 heavy (non-hydrogen) atoms. The summed E-state index contributed by atoms with van der Waals surface area (Å²) in [5, 5.41) is 16.8. The summed E-state index contributed by atoms with van der Waals surface area (Å²) >= 11 is 6.64. The minimum atomic E-state index is -0.446. The Morgan fingerprint density at radius 2 is 0.203 bits per heavy atom. The van der Waals surface area contributed by atoms with Crippen molar-refractivity contribution < 1.29 is 13.2 Å². The third-order valence-electron chi connectivity index (χ3n) is 12.2. The van der Waals surface area contributed by atoms with Crippen molar-refractivity contribution in [2.75, 3.05) is 0 Å². The van der Waals surface area contributed by atoms with Crippen molar-refractivity contribution >= 4 is 123 Å². The molecule has 0 nitrogen and oxygen atoms in total. The molecule has 0 radical (unpaired) electrons. The molecule has 0 spiro atoms. The summed E-state index contributed by atoms with van der Waals surface area (Å²) in [6.45, 7) is 0. The van der Waals surface area contributed by atoms with E-state index < -0.39 is 31.7 Å². The van der Waals surface area contributed by atoms with Crippen molar-refractivity contribution in [3.63, 3.8) is 0 Å². The van der Waals surface area contributed by atoms with Gasteiger partial charge in [0, 0.05) is 0 Å². The molecule has 0 aromatic heterocycles. The zero-order chi connectivity index (χ0) is 54.4. The first kappa shape index (κ1) is 59.1. The zero-order valence-corrected chi connectivity index (χ0v) is 52.0. The fourth-order valence-corrected chi connectivity index (χ4v) is 17.9. The molecule has 390 valence electrons. The van der Waals surface area contributed by atoms with E-state index in [-0.39, 0.29) is 0 Å². The maximum atomic E-state index is 3.15. The number of benzene rings is 12. The summed E-state index contributed by atoms with van der Waals surface area (Å²) in [5.74, 6) is 0. The molecule has 0 heterocycles. The van der Waals surface area contributed by atoms with Crippen LogP contribution in [0.25, 0.3) is 0 Å². The largest absolute Gasteiger partial charge is 0.0622 e. The minimum absolute atomic E-state index is 0.335. The Labute approximate surface area is 495 Å². The van der Waals surface area contributed by atoms with Crippen LogP contribution in [-0.2, 0) is 13.2 Å². The molecule has 0 N–H and O–H groups in total. The van der Waals surface area contributed by atoms with Crippen molar-refractivity contribution in [2.45, 2.75) is 0 Å². The van der Waals surface area contributed by atoms with Gasteiger partial charge in [0.1, 0.15) is 0 Å². The Hall–Kier alpha value is -6.06. The maximum absolute atomic E-state index is 3.15. The SMILES string of the molecule is [Br][Ru][Br].c1ccc(P(c2ccccc2)c2ccccc2)cc1.c1ccc(P(c2ccccc2)c2ccccc2)cc1.c1ccc(P(c2ccccc2)c2ccccc2)cc1.c1ccc(P(c2ccccc2)c2ccccc2)cc1. The van der Waals surface area contributed by atoms with Crippen LogP contribution in [0, 0.1) is 0 Å². The van der Waals surface area contributed by atoms with Crippen molar-refractivity contribution in [3.8, 4) is 0 Å². The Morgan fingerprint density at radius 1 is 0.139 bits per heavy atom. The van der Waals surface area contributed by atoms with E-state index in [1.807, 2.05) is 0 Å². The summed E-state index contributed by atoms with van der Waals surface area (Å²) in [6.07, 6.45) is 0. The van der Waals surface area contributed by atoms with E-state index in [4.69, 9.17) is 0 Å². The zero-order valence-electron chi connectivity index (χ0n) is 43.5. The number of rotatable bonds is 12. The van der Waals surface area contributed by atoms with Gasteiger partial charge in [-0.3, -0.25) is 0 Å². The predicted octanol–water partition coefficient (Wildman–Crippen LogP) is 15.5. The monoisotopic (exact) mass is 1310 g/mol. The molecule has 0 aliphatic carbocycles. The van der Waals surface area contributed by atoms with E-state index in [1.165, 1.54) is 63.7 Å². The van der Waals surface area contributed by atoms with Gasteiger partial charge in [-0.25, -0.2) is 0 Å². The van der Waals surface area contributed by atoms with Crippen LogP contribution in [0.15, 0.2) is 364 Å². The maximum Gasteiger partial charge on any atom is -0.0134 e. The molecule has 0 atom stereocenters. The standard InChI is InChI=1S/4C18H15P.2BrH.Ru/c4*1-4-10-16(11-5-1)19(17-12-6-2-7-13-17)18-14-8-3-9-15-18;;;/h4*1-15H;2*1H;/q;;;;;;+2/p-2. The van der Waals surface area contributed by atoms with Crippen molar-refractivity contribution in [1.29, 1.82) is 0 Å². The van der Waals surface area contributed by atoms with Crippen LogP contribution in [0.1, 0.15) is 0 Å². The molecule has 0 amide bonds. The first-order valence-electron chi connectivity index (χ1n) is 25.9. The molecule has 12 aromatic rings. The van der Waals surface area contributed by atoms with E-state index in [1.54, 1.807) is 0 Å². The van der Waals surface area contributed by atoms with Crippen molar-refractivity contribution in [1.82, 2.24) is 0 Å². The molecular weight excluding hydrogens is 1250 g/mol. The molecule has 12 rings (SSSR count). The normalized spacial score (nSPS) is 10.5. The van der Waals surface area contributed by atoms with Gasteiger partial charge in [0.2, 0.25) is 0 Å². The van der Waals surface area contributed by atoms with Crippen molar-refractivity contribution in [3.05, 3.63) is 364 Å². The number of hydrogen-bond acceptors (Lipinski definition) is 0. The minimum Gasteiger partial charge on any atom is -0.0622 e. The third-order valence-corrected chi connectivity index (χ3v) is 21.9. The molecule has 0 aliphatic rings. The Balaban J connectivity index is 0.000000136. The Kier molecular flexibility index (Phi) is 25.6. The molecule has 0 unspecified atom stereocenters. The van der Waals surface area contributed by atoms with Gasteiger partial charge in [-0.1, -0.05) is 364 Å².